The van der Waals surface area contributed by atoms with Crippen LogP contribution in [0, 0.1) is 10.1 Å². The van der Waals surface area contributed by atoms with Crippen LogP contribution in [0.25, 0.3) is 0 Å². The molecule has 1 amide bonds. The molecule has 8 nitrogen and oxygen atoms in total. The topological polar surface area (TPSA) is 119 Å². The molecule has 0 bridgehead atoms. The van der Waals surface area contributed by atoms with Gasteiger partial charge in [0.15, 0.2) is 5.75 Å². The van der Waals surface area contributed by atoms with E-state index in [1.807, 2.05) is 0 Å². The Bertz CT molecular complexity index is 534. The molecule has 0 spiro atoms. The van der Waals surface area contributed by atoms with Gasteiger partial charge in [-0.1, -0.05) is 11.6 Å². The molecule has 0 saturated heterocycles. The summed E-state index contributed by atoms with van der Waals surface area (Å²) in [6, 6.07) is 3.89. The predicted octanol–water partition coefficient (Wildman–Crippen LogP) is 1.22. The highest BCUT2D eigenvalue weighted by Gasteiger charge is 2.16. The molecule has 0 aromatic heterocycles. The number of hydrogen-bond donors (Lipinski definition) is 2. The number of amides is 1. The number of aliphatic carboxylic acids is 1. The third-order valence-electron chi connectivity index (χ3n) is 2.14. The molecule has 0 saturated carbocycles. The average Bonchev–Trinajstić information content (AvgIpc) is 2.37. The van der Waals surface area contributed by atoms with Crippen LogP contribution in [0.4, 0.5) is 5.69 Å². The van der Waals surface area contributed by atoms with E-state index >= 15 is 0 Å². The maximum Gasteiger partial charge on any atom is 0.322 e. The molecule has 0 unspecified atom stereocenters. The molecule has 108 valence electrons. The minimum atomic E-state index is -1.16. The van der Waals surface area contributed by atoms with Crippen molar-refractivity contribution in [3.63, 3.8) is 0 Å². The second-order valence-electron chi connectivity index (χ2n) is 3.64. The van der Waals surface area contributed by atoms with Crippen LogP contribution in [0.15, 0.2) is 18.2 Å². The second kappa shape index (κ2) is 7.29. The molecule has 20 heavy (non-hydrogen) atoms. The molecule has 0 atom stereocenters. The molecule has 1 aromatic carbocycles. The first-order valence-electron chi connectivity index (χ1n) is 5.45. The van der Waals surface area contributed by atoms with Crippen LogP contribution >= 0.6 is 11.6 Å². The van der Waals surface area contributed by atoms with Crippen molar-refractivity contribution < 1.29 is 24.4 Å². The SMILES string of the molecule is O=C(O)CNC(=O)CCOc1ccc(Cl)cc1[N+](=O)[O-]. The lowest BCUT2D eigenvalue weighted by Gasteiger charge is -2.07. The largest absolute Gasteiger partial charge is 0.486 e. The van der Waals surface area contributed by atoms with Crippen molar-refractivity contribution >= 4 is 29.2 Å². The van der Waals surface area contributed by atoms with Crippen LogP contribution in [0.1, 0.15) is 6.42 Å². The van der Waals surface area contributed by atoms with Crippen LogP contribution in [-0.2, 0) is 9.59 Å². The molecule has 0 radical (unpaired) electrons. The Morgan fingerprint density at radius 2 is 2.15 bits per heavy atom. The van der Waals surface area contributed by atoms with Crippen LogP contribution < -0.4 is 10.1 Å². The molecule has 0 aliphatic rings. The fraction of sp³-hybridized carbons (Fsp3) is 0.273. The number of nitro benzene ring substituents is 1. The van der Waals surface area contributed by atoms with Gasteiger partial charge >= 0.3 is 11.7 Å². The van der Waals surface area contributed by atoms with Crippen LogP contribution in [0.3, 0.4) is 0 Å². The van der Waals surface area contributed by atoms with E-state index in [-0.39, 0.29) is 29.5 Å². The zero-order chi connectivity index (χ0) is 15.1. The van der Waals surface area contributed by atoms with Gasteiger partial charge in [0.2, 0.25) is 5.91 Å². The molecule has 2 N–H and O–H groups in total. The summed E-state index contributed by atoms with van der Waals surface area (Å²) in [6.45, 7) is -0.603. The summed E-state index contributed by atoms with van der Waals surface area (Å²) in [7, 11) is 0. The number of nitrogens with one attached hydrogen (secondary N) is 1. The molecule has 0 heterocycles. The van der Waals surface area contributed by atoms with Gasteiger partial charge in [0, 0.05) is 11.1 Å². The lowest BCUT2D eigenvalue weighted by atomic mass is 10.3. The van der Waals surface area contributed by atoms with Crippen molar-refractivity contribution in [2.24, 2.45) is 0 Å². The standard InChI is InChI=1S/C11H11ClN2O6/c12-7-1-2-9(8(5-7)14(18)19)20-4-3-10(15)13-6-11(16)17/h1-2,5H,3-4,6H2,(H,13,15)(H,16,17). The van der Waals surface area contributed by atoms with Crippen molar-refractivity contribution in [3.8, 4) is 5.75 Å². The number of hydrogen-bond acceptors (Lipinski definition) is 5. The third kappa shape index (κ3) is 5.11. The van der Waals surface area contributed by atoms with Crippen LogP contribution in [-0.4, -0.2) is 35.1 Å². The molecule has 9 heteroatoms. The predicted molar refractivity (Wildman–Crippen MR) is 68.9 cm³/mol. The fourth-order valence-electron chi connectivity index (χ4n) is 1.27. The number of halogens is 1. The van der Waals surface area contributed by atoms with E-state index in [9.17, 15) is 19.7 Å². The lowest BCUT2D eigenvalue weighted by molar-refractivity contribution is -0.385. The molecular formula is C11H11ClN2O6. The van der Waals surface area contributed by atoms with Gasteiger partial charge in [-0.15, -0.1) is 0 Å². The molecule has 0 fully saturated rings. The molecule has 0 aliphatic heterocycles. The number of rotatable bonds is 7. The van der Waals surface area contributed by atoms with Crippen molar-refractivity contribution in [1.29, 1.82) is 0 Å². The Balaban J connectivity index is 2.52. The van der Waals surface area contributed by atoms with Crippen molar-refractivity contribution in [2.45, 2.75) is 6.42 Å². The number of ether oxygens (including phenoxy) is 1. The third-order valence-corrected chi connectivity index (χ3v) is 2.38. The van der Waals surface area contributed by atoms with Crippen molar-refractivity contribution in [2.75, 3.05) is 13.2 Å². The number of nitro groups is 1. The fourth-order valence-corrected chi connectivity index (χ4v) is 1.44. The molecular weight excluding hydrogens is 292 g/mol. The summed E-state index contributed by atoms with van der Waals surface area (Å²) in [4.78, 5) is 31.5. The van der Waals surface area contributed by atoms with Gasteiger partial charge in [-0.05, 0) is 12.1 Å². The van der Waals surface area contributed by atoms with Crippen LogP contribution in [0.5, 0.6) is 5.75 Å². The zero-order valence-electron chi connectivity index (χ0n) is 10.2. The van der Waals surface area contributed by atoms with Crippen molar-refractivity contribution in [3.05, 3.63) is 33.3 Å². The van der Waals surface area contributed by atoms with E-state index < -0.39 is 23.3 Å². The highest BCUT2D eigenvalue weighted by Crippen LogP contribution is 2.29. The number of benzene rings is 1. The number of carboxylic acid groups (broad SMARTS) is 1. The van der Waals surface area contributed by atoms with E-state index in [2.05, 4.69) is 5.32 Å². The number of carbonyl (C=O) groups excluding carboxylic acids is 1. The zero-order valence-corrected chi connectivity index (χ0v) is 10.9. The lowest BCUT2D eigenvalue weighted by Crippen LogP contribution is -2.30. The normalized spacial score (nSPS) is 9.85. The summed E-state index contributed by atoms with van der Waals surface area (Å²) < 4.78 is 5.12. The average molecular weight is 303 g/mol. The monoisotopic (exact) mass is 302 g/mol. The van der Waals surface area contributed by atoms with Gasteiger partial charge in [0.25, 0.3) is 0 Å². The highest BCUT2D eigenvalue weighted by atomic mass is 35.5. The summed E-state index contributed by atoms with van der Waals surface area (Å²) in [5.41, 5.74) is -0.302. The minimum Gasteiger partial charge on any atom is -0.486 e. The maximum atomic E-state index is 11.2. The first-order valence-corrected chi connectivity index (χ1v) is 5.83. The molecule has 1 rings (SSSR count). The van der Waals surface area contributed by atoms with Gasteiger partial charge in [-0.2, -0.15) is 0 Å². The highest BCUT2D eigenvalue weighted by molar-refractivity contribution is 6.30. The Morgan fingerprint density at radius 1 is 1.45 bits per heavy atom. The van der Waals surface area contributed by atoms with E-state index in [0.717, 1.165) is 6.07 Å². The Labute approximate surface area is 118 Å². The first kappa shape index (κ1) is 15.7. The van der Waals surface area contributed by atoms with E-state index in [0.29, 0.717) is 0 Å². The summed E-state index contributed by atoms with van der Waals surface area (Å²) >= 11 is 5.64. The van der Waals surface area contributed by atoms with E-state index in [1.165, 1.54) is 12.1 Å². The van der Waals surface area contributed by atoms with Gasteiger partial charge in [0.05, 0.1) is 18.0 Å². The number of nitrogens with zero attached hydrogens (tertiary/aromatic N) is 1. The van der Waals surface area contributed by atoms with Gasteiger partial charge in [-0.3, -0.25) is 19.7 Å². The van der Waals surface area contributed by atoms with Crippen LogP contribution in [0.2, 0.25) is 5.02 Å². The molecule has 1 aromatic rings. The smallest absolute Gasteiger partial charge is 0.322 e. The molecule has 0 aliphatic carbocycles. The number of carbonyl (C=O) groups is 2. The second-order valence-corrected chi connectivity index (χ2v) is 4.07. The Kier molecular flexibility index (Phi) is 5.73. The van der Waals surface area contributed by atoms with Crippen molar-refractivity contribution in [1.82, 2.24) is 5.32 Å². The number of carboxylic acids is 1. The Morgan fingerprint density at radius 3 is 2.75 bits per heavy atom. The van der Waals surface area contributed by atoms with E-state index in [1.54, 1.807) is 0 Å². The quantitative estimate of drug-likeness (QED) is 0.577. The van der Waals surface area contributed by atoms with Gasteiger partial charge < -0.3 is 15.2 Å². The Hall–Kier alpha value is -2.35. The first-order chi connectivity index (χ1) is 9.40. The minimum absolute atomic E-state index is 0.00886. The summed E-state index contributed by atoms with van der Waals surface area (Å²) in [5.74, 6) is -1.69. The summed E-state index contributed by atoms with van der Waals surface area (Å²) in [6.07, 6.45) is -0.118. The van der Waals surface area contributed by atoms with Gasteiger partial charge in [-0.25, -0.2) is 0 Å². The van der Waals surface area contributed by atoms with Gasteiger partial charge in [0.1, 0.15) is 6.54 Å². The maximum absolute atomic E-state index is 11.2. The van der Waals surface area contributed by atoms with E-state index in [4.69, 9.17) is 21.4 Å². The summed E-state index contributed by atoms with van der Waals surface area (Å²) in [5, 5.41) is 21.5.